The second-order valence-electron chi connectivity index (χ2n) is 7.42. The lowest BCUT2D eigenvalue weighted by Gasteiger charge is -2.26. The molecule has 10 nitrogen and oxygen atoms in total. The Morgan fingerprint density at radius 2 is 1.84 bits per heavy atom. The lowest BCUT2D eigenvalue weighted by atomic mass is 10.2. The van der Waals surface area contributed by atoms with Crippen LogP contribution in [0.4, 0.5) is 11.6 Å². The van der Waals surface area contributed by atoms with Crippen molar-refractivity contribution in [2.24, 2.45) is 0 Å². The molecule has 2 saturated heterocycles. The van der Waals surface area contributed by atoms with Gasteiger partial charge in [0.05, 0.1) is 23.7 Å². The molecular formula is C20H24N6O4S. The summed E-state index contributed by atoms with van der Waals surface area (Å²) in [5.41, 5.74) is 0.228. The van der Waals surface area contributed by atoms with Crippen molar-refractivity contribution in [2.75, 3.05) is 49.6 Å². The van der Waals surface area contributed by atoms with E-state index in [-0.39, 0.29) is 21.8 Å². The summed E-state index contributed by atoms with van der Waals surface area (Å²) >= 11 is 0. The van der Waals surface area contributed by atoms with E-state index in [0.29, 0.717) is 45.2 Å². The highest BCUT2D eigenvalue weighted by Crippen LogP contribution is 2.27. The third-order valence-electron chi connectivity index (χ3n) is 5.47. The number of anilines is 2. The van der Waals surface area contributed by atoms with E-state index >= 15 is 0 Å². The van der Waals surface area contributed by atoms with Gasteiger partial charge in [0.25, 0.3) is 5.91 Å². The number of amides is 1. The number of benzene rings is 1. The Kier molecular flexibility index (Phi) is 6.22. The van der Waals surface area contributed by atoms with Crippen molar-refractivity contribution in [2.45, 2.75) is 24.2 Å². The molecule has 2 aliphatic heterocycles. The van der Waals surface area contributed by atoms with Crippen molar-refractivity contribution < 1.29 is 17.9 Å². The van der Waals surface area contributed by atoms with Gasteiger partial charge in [-0.3, -0.25) is 9.89 Å². The number of aromatic amines is 1. The van der Waals surface area contributed by atoms with Crippen LogP contribution in [0.5, 0.6) is 0 Å². The van der Waals surface area contributed by atoms with Crippen LogP contribution in [0, 0.1) is 11.3 Å². The monoisotopic (exact) mass is 444 g/mol. The lowest BCUT2D eigenvalue weighted by molar-refractivity contribution is 0.102. The largest absolute Gasteiger partial charge is 0.378 e. The van der Waals surface area contributed by atoms with E-state index in [9.17, 15) is 18.5 Å². The number of morpholine rings is 1. The minimum Gasteiger partial charge on any atom is -0.378 e. The number of sulfonamides is 1. The quantitative estimate of drug-likeness (QED) is 0.715. The number of piperidine rings is 1. The zero-order valence-electron chi connectivity index (χ0n) is 17.0. The molecule has 1 amide bonds. The Balaban J connectivity index is 1.60. The molecular weight excluding hydrogens is 420 g/mol. The van der Waals surface area contributed by atoms with Gasteiger partial charge in [0, 0.05) is 26.2 Å². The van der Waals surface area contributed by atoms with Gasteiger partial charge in [-0.15, -0.1) is 0 Å². The first-order valence-corrected chi connectivity index (χ1v) is 11.7. The molecule has 2 fully saturated rings. The summed E-state index contributed by atoms with van der Waals surface area (Å²) in [5.74, 6) is -0.0423. The fraction of sp³-hybridized carbons (Fsp3) is 0.450. The van der Waals surface area contributed by atoms with Gasteiger partial charge >= 0.3 is 0 Å². The van der Waals surface area contributed by atoms with Gasteiger partial charge in [0.1, 0.15) is 17.5 Å². The van der Waals surface area contributed by atoms with Crippen molar-refractivity contribution in [3.05, 3.63) is 35.4 Å². The average Bonchev–Trinajstić information content (AvgIpc) is 3.22. The van der Waals surface area contributed by atoms with Crippen molar-refractivity contribution in [3.63, 3.8) is 0 Å². The molecule has 0 radical (unpaired) electrons. The fourth-order valence-corrected chi connectivity index (χ4v) is 5.54. The molecule has 4 rings (SSSR count). The molecule has 3 heterocycles. The molecule has 2 N–H and O–H groups in total. The van der Waals surface area contributed by atoms with Gasteiger partial charge in [-0.25, -0.2) is 8.42 Å². The van der Waals surface area contributed by atoms with Crippen LogP contribution in [0.1, 0.15) is 35.2 Å². The number of nitriles is 1. The molecule has 2 aromatic rings. The normalized spacial score (nSPS) is 17.8. The van der Waals surface area contributed by atoms with Crippen molar-refractivity contribution in [3.8, 4) is 6.07 Å². The van der Waals surface area contributed by atoms with Gasteiger partial charge in [0.2, 0.25) is 10.0 Å². The van der Waals surface area contributed by atoms with Crippen LogP contribution in [-0.4, -0.2) is 68.2 Å². The zero-order chi connectivity index (χ0) is 21.8. The Hall–Kier alpha value is -2.94. The van der Waals surface area contributed by atoms with Crippen LogP contribution in [0.3, 0.4) is 0 Å². The van der Waals surface area contributed by atoms with E-state index in [2.05, 4.69) is 21.6 Å². The van der Waals surface area contributed by atoms with E-state index < -0.39 is 15.9 Å². The SMILES string of the molecule is N#Cc1c(N2CCOCC2)n[nH]c1NC(=O)c1ccccc1S(=O)(=O)N1CCCCC1. The summed E-state index contributed by atoms with van der Waals surface area (Å²) in [6.07, 6.45) is 2.60. The minimum absolute atomic E-state index is 0.0273. The third-order valence-corrected chi connectivity index (χ3v) is 7.43. The number of carbonyl (C=O) groups is 1. The number of carbonyl (C=O) groups excluding carboxylic acids is 1. The molecule has 11 heteroatoms. The molecule has 0 bridgehead atoms. The summed E-state index contributed by atoms with van der Waals surface area (Å²) < 4.78 is 33.1. The lowest BCUT2D eigenvalue weighted by Crippen LogP contribution is -2.37. The Morgan fingerprint density at radius 3 is 2.55 bits per heavy atom. The predicted molar refractivity (Wildman–Crippen MR) is 113 cm³/mol. The van der Waals surface area contributed by atoms with E-state index in [1.807, 2.05) is 4.90 Å². The minimum atomic E-state index is -3.80. The van der Waals surface area contributed by atoms with E-state index in [1.54, 1.807) is 12.1 Å². The first kappa shape index (κ1) is 21.3. The second-order valence-corrected chi connectivity index (χ2v) is 9.33. The Bertz CT molecular complexity index is 1100. The fourth-order valence-electron chi connectivity index (χ4n) is 3.84. The average molecular weight is 445 g/mol. The molecule has 2 aliphatic rings. The molecule has 0 atom stereocenters. The standard InChI is InChI=1S/C20H24N6O4S/c21-14-16-18(23-24-19(16)25-10-12-30-13-11-25)22-20(27)15-6-2-3-7-17(15)31(28,29)26-8-4-1-5-9-26/h2-3,6-7H,1,4-5,8-13H2,(H2,22,23,24,27). The van der Waals surface area contributed by atoms with E-state index in [4.69, 9.17) is 4.74 Å². The van der Waals surface area contributed by atoms with Crippen molar-refractivity contribution in [1.82, 2.24) is 14.5 Å². The summed E-state index contributed by atoms with van der Waals surface area (Å²) in [6, 6.07) is 8.20. The maximum atomic E-state index is 13.2. The van der Waals surface area contributed by atoms with Gasteiger partial charge in [-0.2, -0.15) is 14.7 Å². The van der Waals surface area contributed by atoms with E-state index in [1.165, 1.54) is 16.4 Å². The molecule has 31 heavy (non-hydrogen) atoms. The molecule has 0 spiro atoms. The maximum Gasteiger partial charge on any atom is 0.258 e. The predicted octanol–water partition coefficient (Wildman–Crippen LogP) is 1.54. The Morgan fingerprint density at radius 1 is 1.13 bits per heavy atom. The van der Waals surface area contributed by atoms with Gasteiger partial charge in [0.15, 0.2) is 5.82 Å². The van der Waals surface area contributed by atoms with Crippen molar-refractivity contribution >= 4 is 27.6 Å². The van der Waals surface area contributed by atoms with Crippen LogP contribution >= 0.6 is 0 Å². The van der Waals surface area contributed by atoms with Crippen LogP contribution in [0.25, 0.3) is 0 Å². The topological polar surface area (TPSA) is 131 Å². The molecule has 0 saturated carbocycles. The molecule has 0 unspecified atom stereocenters. The summed E-state index contributed by atoms with van der Waals surface area (Å²) in [7, 11) is -3.80. The number of H-pyrrole nitrogens is 1. The van der Waals surface area contributed by atoms with Crippen LogP contribution < -0.4 is 10.2 Å². The number of hydrogen-bond acceptors (Lipinski definition) is 7. The molecule has 1 aromatic carbocycles. The first-order chi connectivity index (χ1) is 15.0. The van der Waals surface area contributed by atoms with Gasteiger partial charge in [-0.05, 0) is 25.0 Å². The highest BCUT2D eigenvalue weighted by atomic mass is 32.2. The molecule has 0 aliphatic carbocycles. The second kappa shape index (κ2) is 9.05. The highest BCUT2D eigenvalue weighted by molar-refractivity contribution is 7.89. The van der Waals surface area contributed by atoms with Gasteiger partial charge < -0.3 is 15.0 Å². The number of aromatic nitrogens is 2. The highest BCUT2D eigenvalue weighted by Gasteiger charge is 2.30. The Labute approximate surface area is 180 Å². The number of nitrogens with zero attached hydrogens (tertiary/aromatic N) is 4. The smallest absolute Gasteiger partial charge is 0.258 e. The number of hydrogen-bond donors (Lipinski definition) is 2. The summed E-state index contributed by atoms with van der Waals surface area (Å²) in [6.45, 7) is 3.12. The van der Waals surface area contributed by atoms with Crippen LogP contribution in [-0.2, 0) is 14.8 Å². The van der Waals surface area contributed by atoms with E-state index in [0.717, 1.165) is 19.3 Å². The molecule has 1 aromatic heterocycles. The third kappa shape index (κ3) is 4.27. The van der Waals surface area contributed by atoms with Crippen LogP contribution in [0.2, 0.25) is 0 Å². The van der Waals surface area contributed by atoms with Crippen LogP contribution in [0.15, 0.2) is 29.2 Å². The first-order valence-electron chi connectivity index (χ1n) is 10.2. The number of nitrogens with one attached hydrogen (secondary N) is 2. The van der Waals surface area contributed by atoms with Crippen molar-refractivity contribution in [1.29, 1.82) is 5.26 Å². The number of rotatable bonds is 5. The number of ether oxygens (including phenoxy) is 1. The molecule has 164 valence electrons. The summed E-state index contributed by atoms with van der Waals surface area (Å²) in [5, 5.41) is 19.1. The van der Waals surface area contributed by atoms with Gasteiger partial charge in [-0.1, -0.05) is 18.6 Å². The zero-order valence-corrected chi connectivity index (χ0v) is 17.8. The summed E-state index contributed by atoms with van der Waals surface area (Å²) in [4.78, 5) is 14.9. The maximum absolute atomic E-state index is 13.2.